The fraction of sp³-hybridized carbons (Fsp3) is 0.467. The van der Waals surface area contributed by atoms with Crippen molar-refractivity contribution in [3.05, 3.63) is 24.3 Å². The van der Waals surface area contributed by atoms with Crippen molar-refractivity contribution in [2.24, 2.45) is 11.8 Å². The molecule has 24 heavy (non-hydrogen) atoms. The maximum absolute atomic E-state index is 12.4. The van der Waals surface area contributed by atoms with Crippen LogP contribution in [0, 0.1) is 11.8 Å². The van der Waals surface area contributed by atoms with Crippen LogP contribution in [0.15, 0.2) is 24.3 Å². The van der Waals surface area contributed by atoms with E-state index in [-0.39, 0.29) is 5.69 Å². The monoisotopic (exact) mass is 345 g/mol. The molecule has 3 rings (SSSR count). The van der Waals surface area contributed by atoms with Crippen molar-refractivity contribution in [3.63, 3.8) is 0 Å². The predicted molar refractivity (Wildman–Crippen MR) is 74.3 cm³/mol. The van der Waals surface area contributed by atoms with Crippen molar-refractivity contribution in [1.29, 1.82) is 0 Å². The van der Waals surface area contributed by atoms with Crippen molar-refractivity contribution in [2.45, 2.75) is 31.4 Å². The number of anilines is 1. The first-order valence-corrected chi connectivity index (χ1v) is 7.29. The van der Waals surface area contributed by atoms with E-state index in [0.29, 0.717) is 12.8 Å². The van der Waals surface area contributed by atoms with E-state index >= 15 is 0 Å². The lowest BCUT2D eigenvalue weighted by Gasteiger charge is -2.23. The van der Waals surface area contributed by atoms with Gasteiger partial charge in [0.1, 0.15) is 5.75 Å². The number of carbonyl (C=O) groups is 2. The number of carbonyl (C=O) groups excluding carboxylic acids is 1. The molecule has 0 aromatic heterocycles. The molecule has 2 bridgehead atoms. The van der Waals surface area contributed by atoms with E-state index in [2.05, 4.69) is 10.1 Å². The standard InChI is InChI=1S/C15H14F3NO5/c16-15(17,18)24-8-3-1-7(2-4-8)19-13(20)11-9-5-6-10(23-9)12(11)14(21)22/h1-4,9-12H,5-6H2,(H,19,20)(H,21,22)/t9-,10-,11+,12-/m0/s1. The summed E-state index contributed by atoms with van der Waals surface area (Å²) in [7, 11) is 0. The maximum Gasteiger partial charge on any atom is 0.573 e. The number of hydrogen-bond donors (Lipinski definition) is 2. The number of fused-ring (bicyclic) bond motifs is 2. The van der Waals surface area contributed by atoms with Gasteiger partial charge in [-0.25, -0.2) is 0 Å². The molecule has 0 radical (unpaired) electrons. The molecule has 2 heterocycles. The average Bonchev–Trinajstić information content (AvgIpc) is 3.08. The van der Waals surface area contributed by atoms with Crippen LogP contribution in [0.3, 0.4) is 0 Å². The van der Waals surface area contributed by atoms with Crippen molar-refractivity contribution >= 4 is 17.6 Å². The van der Waals surface area contributed by atoms with Crippen LogP contribution >= 0.6 is 0 Å². The molecule has 2 N–H and O–H groups in total. The van der Waals surface area contributed by atoms with Crippen molar-refractivity contribution in [2.75, 3.05) is 5.32 Å². The Hall–Kier alpha value is -2.29. The van der Waals surface area contributed by atoms with Crippen LogP contribution in [0.25, 0.3) is 0 Å². The number of carboxylic acids is 1. The summed E-state index contributed by atoms with van der Waals surface area (Å²) in [6.45, 7) is 0. The summed E-state index contributed by atoms with van der Waals surface area (Å²) >= 11 is 0. The Kier molecular flexibility index (Phi) is 4.12. The first-order valence-electron chi connectivity index (χ1n) is 7.29. The lowest BCUT2D eigenvalue weighted by atomic mass is 9.78. The molecule has 1 aromatic carbocycles. The van der Waals surface area contributed by atoms with Gasteiger partial charge in [0.15, 0.2) is 0 Å². The van der Waals surface area contributed by atoms with E-state index in [4.69, 9.17) is 4.74 Å². The topological polar surface area (TPSA) is 84.9 Å². The van der Waals surface area contributed by atoms with Crippen molar-refractivity contribution in [3.8, 4) is 5.75 Å². The zero-order chi connectivity index (χ0) is 17.5. The van der Waals surface area contributed by atoms with Gasteiger partial charge in [-0.1, -0.05) is 0 Å². The average molecular weight is 345 g/mol. The zero-order valence-corrected chi connectivity index (χ0v) is 12.2. The number of amides is 1. The fourth-order valence-corrected chi connectivity index (χ4v) is 3.29. The normalized spacial score (nSPS) is 28.6. The number of rotatable bonds is 4. The van der Waals surface area contributed by atoms with Gasteiger partial charge in [-0.05, 0) is 37.1 Å². The van der Waals surface area contributed by atoms with Gasteiger partial charge < -0.3 is 19.9 Å². The van der Waals surface area contributed by atoms with Gasteiger partial charge >= 0.3 is 12.3 Å². The van der Waals surface area contributed by atoms with Gasteiger partial charge in [0, 0.05) is 5.69 Å². The second kappa shape index (κ2) is 5.97. The summed E-state index contributed by atoms with van der Waals surface area (Å²) < 4.78 is 45.5. The quantitative estimate of drug-likeness (QED) is 0.875. The third-order valence-corrected chi connectivity index (χ3v) is 4.22. The summed E-state index contributed by atoms with van der Waals surface area (Å²) in [4.78, 5) is 23.7. The van der Waals surface area contributed by atoms with E-state index in [1.807, 2.05) is 0 Å². The smallest absolute Gasteiger partial charge is 0.481 e. The zero-order valence-electron chi connectivity index (χ0n) is 12.2. The summed E-state index contributed by atoms with van der Waals surface area (Å²) in [6, 6.07) is 4.63. The van der Waals surface area contributed by atoms with Crippen LogP contribution in [0.4, 0.5) is 18.9 Å². The lowest BCUT2D eigenvalue weighted by molar-refractivity contribution is -0.274. The van der Waals surface area contributed by atoms with E-state index in [1.54, 1.807) is 0 Å². The lowest BCUT2D eigenvalue weighted by Crippen LogP contribution is -2.40. The molecule has 2 fully saturated rings. The van der Waals surface area contributed by atoms with Gasteiger partial charge in [-0.3, -0.25) is 9.59 Å². The fourth-order valence-electron chi connectivity index (χ4n) is 3.29. The highest BCUT2D eigenvalue weighted by Gasteiger charge is 2.55. The summed E-state index contributed by atoms with van der Waals surface area (Å²) in [5.41, 5.74) is 0.251. The molecule has 0 unspecified atom stereocenters. The Labute approximate surface area is 134 Å². The molecule has 0 aliphatic carbocycles. The molecular weight excluding hydrogens is 331 g/mol. The Bertz CT molecular complexity index is 646. The number of nitrogens with one attached hydrogen (secondary N) is 1. The summed E-state index contributed by atoms with van der Waals surface area (Å²) in [5.74, 6) is -3.73. The van der Waals surface area contributed by atoms with E-state index in [9.17, 15) is 27.9 Å². The Balaban J connectivity index is 1.67. The molecule has 1 aromatic rings. The summed E-state index contributed by atoms with van der Waals surface area (Å²) in [5, 5.41) is 11.8. The van der Waals surface area contributed by atoms with Crippen molar-refractivity contribution < 1.29 is 37.3 Å². The molecule has 4 atom stereocenters. The second-order valence-corrected chi connectivity index (χ2v) is 5.74. The minimum absolute atomic E-state index is 0.251. The van der Waals surface area contributed by atoms with Gasteiger partial charge in [-0.15, -0.1) is 13.2 Å². The third-order valence-electron chi connectivity index (χ3n) is 4.22. The number of aliphatic carboxylic acids is 1. The number of carboxylic acid groups (broad SMARTS) is 1. The maximum atomic E-state index is 12.4. The van der Waals surface area contributed by atoms with Gasteiger partial charge in [-0.2, -0.15) is 0 Å². The Morgan fingerprint density at radius 1 is 1.12 bits per heavy atom. The van der Waals surface area contributed by atoms with Gasteiger partial charge in [0.25, 0.3) is 0 Å². The van der Waals surface area contributed by atoms with Crippen LogP contribution in [0.5, 0.6) is 5.75 Å². The van der Waals surface area contributed by atoms with Crippen LogP contribution < -0.4 is 10.1 Å². The third kappa shape index (κ3) is 3.30. The van der Waals surface area contributed by atoms with Crippen LogP contribution in [0.2, 0.25) is 0 Å². The Morgan fingerprint density at radius 3 is 2.25 bits per heavy atom. The predicted octanol–water partition coefficient (Wildman–Crippen LogP) is 2.40. The second-order valence-electron chi connectivity index (χ2n) is 5.74. The molecule has 2 aliphatic rings. The molecule has 0 saturated carbocycles. The minimum atomic E-state index is -4.79. The van der Waals surface area contributed by atoms with E-state index in [0.717, 1.165) is 12.1 Å². The first-order chi connectivity index (χ1) is 11.2. The van der Waals surface area contributed by atoms with Crippen molar-refractivity contribution in [1.82, 2.24) is 0 Å². The van der Waals surface area contributed by atoms with Gasteiger partial charge in [0.05, 0.1) is 24.0 Å². The minimum Gasteiger partial charge on any atom is -0.481 e. The van der Waals surface area contributed by atoms with E-state index in [1.165, 1.54) is 12.1 Å². The number of alkyl halides is 3. The largest absolute Gasteiger partial charge is 0.573 e. The molecule has 1 amide bonds. The first kappa shape index (κ1) is 16.6. The molecular formula is C15H14F3NO5. The highest BCUT2D eigenvalue weighted by Crippen LogP contribution is 2.44. The number of hydrogen-bond acceptors (Lipinski definition) is 4. The molecule has 2 aliphatic heterocycles. The van der Waals surface area contributed by atoms with Crippen LogP contribution in [0.1, 0.15) is 12.8 Å². The number of ether oxygens (including phenoxy) is 2. The molecule has 6 nitrogen and oxygen atoms in total. The molecule has 2 saturated heterocycles. The molecule has 130 valence electrons. The van der Waals surface area contributed by atoms with Gasteiger partial charge in [0.2, 0.25) is 5.91 Å². The van der Waals surface area contributed by atoms with Crippen LogP contribution in [-0.2, 0) is 14.3 Å². The SMILES string of the molecule is O=C(O)[C@@H]1[C@H](C(=O)Nc2ccc(OC(F)(F)F)cc2)[C@@H]2CC[C@@H]1O2. The van der Waals surface area contributed by atoms with E-state index < -0.39 is 48.0 Å². The van der Waals surface area contributed by atoms with Crippen LogP contribution in [-0.4, -0.2) is 35.6 Å². The Morgan fingerprint density at radius 2 is 1.71 bits per heavy atom. The molecule has 0 spiro atoms. The number of benzene rings is 1. The summed E-state index contributed by atoms with van der Waals surface area (Å²) in [6.07, 6.45) is -4.48. The number of halogens is 3. The highest BCUT2D eigenvalue weighted by atomic mass is 19.4. The highest BCUT2D eigenvalue weighted by molar-refractivity contribution is 5.96. The molecule has 9 heteroatoms.